The summed E-state index contributed by atoms with van der Waals surface area (Å²) in [5.74, 6) is 0.452. The van der Waals surface area contributed by atoms with E-state index in [1.54, 1.807) is 0 Å². The lowest BCUT2D eigenvalue weighted by Gasteiger charge is -2.21. The maximum atomic E-state index is 11.8. The fourth-order valence-electron chi connectivity index (χ4n) is 9.17. The van der Waals surface area contributed by atoms with Crippen molar-refractivity contribution in [1.82, 2.24) is 0 Å². The summed E-state index contributed by atoms with van der Waals surface area (Å²) < 4.78 is 0. The van der Waals surface area contributed by atoms with Gasteiger partial charge in [0.05, 0.1) is 0 Å². The molecule has 0 atom stereocenters. The van der Waals surface area contributed by atoms with Gasteiger partial charge in [-0.15, -0.1) is 0 Å². The number of rotatable bonds is 33. The van der Waals surface area contributed by atoms with Gasteiger partial charge in [-0.25, -0.2) is 0 Å². The summed E-state index contributed by atoms with van der Waals surface area (Å²) in [6.07, 6.45) is 38.3. The van der Waals surface area contributed by atoms with E-state index in [-0.39, 0.29) is 0 Å². The molecule has 0 amide bonds. The maximum absolute atomic E-state index is 11.8. The van der Waals surface area contributed by atoms with Gasteiger partial charge in [-0.2, -0.15) is 0 Å². The van der Waals surface area contributed by atoms with E-state index < -0.39 is 0 Å². The van der Waals surface area contributed by atoms with E-state index in [0.29, 0.717) is 5.75 Å². The van der Waals surface area contributed by atoms with Crippen molar-refractivity contribution in [2.45, 2.75) is 213 Å². The molecule has 4 aromatic rings. The molecule has 4 rings (SSSR count). The Hall–Kier alpha value is -3.32. The third-order valence-electron chi connectivity index (χ3n) is 12.9. The maximum Gasteiger partial charge on any atom is 0.119 e. The minimum absolute atomic E-state index is 0.452. The first kappa shape index (κ1) is 47.4. The van der Waals surface area contributed by atoms with Crippen LogP contribution in [0.3, 0.4) is 0 Å². The van der Waals surface area contributed by atoms with Crippen molar-refractivity contribution in [2.24, 2.45) is 0 Å². The largest absolute Gasteiger partial charge is 0.508 e. The van der Waals surface area contributed by atoms with Crippen molar-refractivity contribution in [1.29, 1.82) is 0 Å². The molecule has 0 unspecified atom stereocenters. The van der Waals surface area contributed by atoms with Crippen molar-refractivity contribution in [3.05, 3.63) is 135 Å². The molecule has 0 saturated carbocycles. The van der Waals surface area contributed by atoms with Crippen LogP contribution in [0, 0.1) is 0 Å². The van der Waals surface area contributed by atoms with Gasteiger partial charge in [0, 0.05) is 12.0 Å². The van der Waals surface area contributed by atoms with Gasteiger partial charge in [-0.1, -0.05) is 234 Å². The van der Waals surface area contributed by atoms with Gasteiger partial charge in [0.1, 0.15) is 5.75 Å². The number of hydrogen-bond donors (Lipinski definition) is 1. The SMILES string of the molecule is CCCCCCCCCCc1ccccc1Cc1ccc(O)c(Cc2ccccc2CCCCCCCCCC)c1Cc1ccccc1CCCCCCCCCC. The van der Waals surface area contributed by atoms with Crippen molar-refractivity contribution < 1.29 is 5.11 Å². The van der Waals surface area contributed by atoms with Gasteiger partial charge in [0.25, 0.3) is 0 Å². The second-order valence-corrected chi connectivity index (χ2v) is 17.7. The molecule has 1 heteroatoms. The predicted molar refractivity (Wildman–Crippen MR) is 255 cm³/mol. The highest BCUT2D eigenvalue weighted by atomic mass is 16.3. The average Bonchev–Trinajstić information content (AvgIpc) is 3.24. The Kier molecular flexibility index (Phi) is 24.3. The quantitative estimate of drug-likeness (QED) is 0.0477. The Morgan fingerprint density at radius 2 is 0.569 bits per heavy atom. The molecule has 4 aromatic carbocycles. The summed E-state index contributed by atoms with van der Waals surface area (Å²) in [5.41, 5.74) is 12.5. The summed E-state index contributed by atoms with van der Waals surface area (Å²) in [6.45, 7) is 6.90. The Morgan fingerprint density at radius 1 is 0.276 bits per heavy atom. The van der Waals surface area contributed by atoms with E-state index in [9.17, 15) is 5.11 Å². The number of unbranched alkanes of at least 4 members (excludes halogenated alkanes) is 21. The molecule has 0 heterocycles. The van der Waals surface area contributed by atoms with Gasteiger partial charge in [0.15, 0.2) is 0 Å². The van der Waals surface area contributed by atoms with Crippen LogP contribution in [0.4, 0.5) is 0 Å². The molecule has 0 saturated heterocycles. The Balaban J connectivity index is 1.55. The van der Waals surface area contributed by atoms with Crippen molar-refractivity contribution in [3.63, 3.8) is 0 Å². The van der Waals surface area contributed by atoms with E-state index in [2.05, 4.69) is 99.6 Å². The van der Waals surface area contributed by atoms with Gasteiger partial charge >= 0.3 is 0 Å². The molecular formula is C57H84O. The van der Waals surface area contributed by atoms with Gasteiger partial charge in [-0.05, 0) is 102 Å². The normalized spacial score (nSPS) is 11.4. The third-order valence-corrected chi connectivity index (χ3v) is 12.9. The smallest absolute Gasteiger partial charge is 0.119 e. The first-order valence-electron chi connectivity index (χ1n) is 24.7. The van der Waals surface area contributed by atoms with Gasteiger partial charge in [-0.3, -0.25) is 0 Å². The molecule has 1 nitrogen and oxygen atoms in total. The predicted octanol–water partition coefficient (Wildman–Crippen LogP) is 17.2. The zero-order chi connectivity index (χ0) is 40.9. The lowest BCUT2D eigenvalue weighted by Crippen LogP contribution is -2.07. The Morgan fingerprint density at radius 3 is 0.931 bits per heavy atom. The first-order chi connectivity index (χ1) is 28.6. The van der Waals surface area contributed by atoms with Crippen LogP contribution in [-0.2, 0) is 38.5 Å². The van der Waals surface area contributed by atoms with Crippen LogP contribution in [0.25, 0.3) is 0 Å². The number of aromatic hydroxyl groups is 1. The molecular weight excluding hydrogens is 701 g/mol. The van der Waals surface area contributed by atoms with Gasteiger partial charge < -0.3 is 5.11 Å². The minimum atomic E-state index is 0.452. The standard InChI is InChI=1S/C57H84O/c1-4-7-10-13-16-19-22-25-34-48-37-28-31-40-51(48)45-54-43-44-57(58)56(47-53-42-33-30-39-50(53)36-27-24-21-18-15-12-9-6-3)55(54)46-52-41-32-29-38-49(52)35-26-23-20-17-14-11-8-5-2/h28-33,37-44,58H,4-27,34-36,45-47H2,1-3H3. The highest BCUT2D eigenvalue weighted by Gasteiger charge is 2.18. The highest BCUT2D eigenvalue weighted by molar-refractivity contribution is 5.52. The first-order valence-corrected chi connectivity index (χ1v) is 24.7. The van der Waals surface area contributed by atoms with E-state index in [1.165, 1.54) is 199 Å². The van der Waals surface area contributed by atoms with E-state index in [1.807, 2.05) is 6.07 Å². The summed E-state index contributed by atoms with van der Waals surface area (Å²) >= 11 is 0. The third kappa shape index (κ3) is 17.9. The van der Waals surface area contributed by atoms with E-state index in [0.717, 1.165) is 44.1 Å². The highest BCUT2D eigenvalue weighted by Crippen LogP contribution is 2.33. The van der Waals surface area contributed by atoms with Crippen molar-refractivity contribution >= 4 is 0 Å². The van der Waals surface area contributed by atoms with E-state index in [4.69, 9.17) is 0 Å². The molecule has 0 fully saturated rings. The number of phenolic OH excluding ortho intramolecular Hbond substituents is 1. The Labute approximate surface area is 357 Å². The average molecular weight is 785 g/mol. The number of benzene rings is 4. The molecule has 0 aliphatic rings. The summed E-state index contributed by atoms with van der Waals surface area (Å²) in [5, 5.41) is 11.8. The van der Waals surface area contributed by atoms with Crippen LogP contribution in [0.15, 0.2) is 84.9 Å². The minimum Gasteiger partial charge on any atom is -0.508 e. The van der Waals surface area contributed by atoms with Gasteiger partial charge in [0.2, 0.25) is 0 Å². The molecule has 1 N–H and O–H groups in total. The monoisotopic (exact) mass is 785 g/mol. The molecule has 318 valence electrons. The molecule has 0 aliphatic carbocycles. The molecule has 0 radical (unpaired) electrons. The number of phenols is 1. The topological polar surface area (TPSA) is 20.2 Å². The Bertz CT molecular complexity index is 1650. The lowest BCUT2D eigenvalue weighted by molar-refractivity contribution is 0.468. The van der Waals surface area contributed by atoms with Crippen LogP contribution in [-0.4, -0.2) is 5.11 Å². The molecule has 58 heavy (non-hydrogen) atoms. The number of hydrogen-bond acceptors (Lipinski definition) is 1. The van der Waals surface area contributed by atoms with Crippen LogP contribution in [0.1, 0.15) is 225 Å². The zero-order valence-corrected chi connectivity index (χ0v) is 37.7. The van der Waals surface area contributed by atoms with Crippen LogP contribution in [0.5, 0.6) is 5.75 Å². The molecule has 0 spiro atoms. The van der Waals surface area contributed by atoms with Crippen LogP contribution >= 0.6 is 0 Å². The summed E-state index contributed by atoms with van der Waals surface area (Å²) in [4.78, 5) is 0. The van der Waals surface area contributed by atoms with Crippen molar-refractivity contribution in [3.8, 4) is 5.75 Å². The molecule has 0 aliphatic heterocycles. The second-order valence-electron chi connectivity index (χ2n) is 17.7. The van der Waals surface area contributed by atoms with Crippen molar-refractivity contribution in [2.75, 3.05) is 0 Å². The fraction of sp³-hybridized carbons (Fsp3) is 0.579. The fourth-order valence-corrected chi connectivity index (χ4v) is 9.17. The zero-order valence-electron chi connectivity index (χ0n) is 37.7. The molecule has 0 bridgehead atoms. The second kappa shape index (κ2) is 29.8. The number of aryl methyl sites for hydroxylation is 3. The summed E-state index contributed by atoms with van der Waals surface area (Å²) in [6, 6.07) is 31.7. The summed E-state index contributed by atoms with van der Waals surface area (Å²) in [7, 11) is 0. The van der Waals surface area contributed by atoms with Crippen LogP contribution in [0.2, 0.25) is 0 Å². The molecule has 0 aromatic heterocycles. The lowest BCUT2D eigenvalue weighted by atomic mass is 9.85. The van der Waals surface area contributed by atoms with E-state index >= 15 is 0 Å². The van der Waals surface area contributed by atoms with Crippen LogP contribution < -0.4 is 0 Å².